The molecule has 90 valence electrons. The number of hydrogen-bond donors (Lipinski definition) is 1. The maximum absolute atomic E-state index is 5.79. The van der Waals surface area contributed by atoms with Gasteiger partial charge in [0.2, 0.25) is 0 Å². The minimum absolute atomic E-state index is 0.170. The van der Waals surface area contributed by atoms with Crippen LogP contribution in [0.25, 0.3) is 10.6 Å². The van der Waals surface area contributed by atoms with E-state index in [0.29, 0.717) is 0 Å². The summed E-state index contributed by atoms with van der Waals surface area (Å²) in [6.07, 6.45) is 0.849. The molecular weight excluding hydrogens is 228 g/mol. The van der Waals surface area contributed by atoms with Gasteiger partial charge in [0, 0.05) is 23.4 Å². The fourth-order valence-electron chi connectivity index (χ4n) is 1.91. The lowest BCUT2D eigenvalue weighted by Gasteiger charge is -2.03. The van der Waals surface area contributed by atoms with Crippen LogP contribution in [0.2, 0.25) is 0 Å². The Morgan fingerprint density at radius 1 is 1.35 bits per heavy atom. The van der Waals surface area contributed by atoms with Gasteiger partial charge in [-0.05, 0) is 26.3 Å². The maximum Gasteiger partial charge on any atom is 0.123 e. The van der Waals surface area contributed by atoms with E-state index in [9.17, 15) is 0 Å². The van der Waals surface area contributed by atoms with Gasteiger partial charge in [-0.1, -0.05) is 23.8 Å². The van der Waals surface area contributed by atoms with Gasteiger partial charge < -0.3 is 5.73 Å². The van der Waals surface area contributed by atoms with Crippen molar-refractivity contribution in [2.75, 3.05) is 0 Å². The standard InChI is InChI=1S/C14H18N2S/c1-9-4-5-13(10(2)6-9)14-16-12(8-17-14)7-11(3)15/h4-6,8,11H,7,15H2,1-3H3. The molecule has 1 aromatic carbocycles. The van der Waals surface area contributed by atoms with Gasteiger partial charge in [0.05, 0.1) is 5.69 Å². The first kappa shape index (κ1) is 12.3. The van der Waals surface area contributed by atoms with Gasteiger partial charge in [-0.15, -0.1) is 11.3 Å². The first-order valence-corrected chi connectivity index (χ1v) is 6.72. The Morgan fingerprint density at radius 3 is 2.76 bits per heavy atom. The summed E-state index contributed by atoms with van der Waals surface area (Å²) < 4.78 is 0. The molecular formula is C14H18N2S. The van der Waals surface area contributed by atoms with Crippen molar-refractivity contribution in [3.05, 3.63) is 40.4 Å². The molecule has 0 bridgehead atoms. The molecule has 0 saturated heterocycles. The number of rotatable bonds is 3. The van der Waals surface area contributed by atoms with Crippen LogP contribution in [0.15, 0.2) is 23.6 Å². The third-order valence-electron chi connectivity index (χ3n) is 2.70. The first-order chi connectivity index (χ1) is 8.06. The molecule has 2 rings (SSSR count). The third-order valence-corrected chi connectivity index (χ3v) is 3.62. The molecule has 3 heteroatoms. The van der Waals surface area contributed by atoms with Crippen molar-refractivity contribution < 1.29 is 0 Å². The fraction of sp³-hybridized carbons (Fsp3) is 0.357. The van der Waals surface area contributed by atoms with Gasteiger partial charge in [0.25, 0.3) is 0 Å². The molecule has 0 saturated carbocycles. The Bertz CT molecular complexity index is 515. The van der Waals surface area contributed by atoms with Crippen molar-refractivity contribution in [1.82, 2.24) is 4.98 Å². The number of thiazole rings is 1. The number of nitrogens with two attached hydrogens (primary N) is 1. The number of nitrogens with zero attached hydrogens (tertiary/aromatic N) is 1. The van der Waals surface area contributed by atoms with Crippen molar-refractivity contribution in [1.29, 1.82) is 0 Å². The Balaban J connectivity index is 2.30. The van der Waals surface area contributed by atoms with E-state index in [1.807, 2.05) is 6.92 Å². The van der Waals surface area contributed by atoms with Crippen LogP contribution in [-0.4, -0.2) is 11.0 Å². The summed E-state index contributed by atoms with van der Waals surface area (Å²) >= 11 is 1.70. The smallest absolute Gasteiger partial charge is 0.123 e. The van der Waals surface area contributed by atoms with E-state index >= 15 is 0 Å². The quantitative estimate of drug-likeness (QED) is 0.902. The lowest BCUT2D eigenvalue weighted by Crippen LogP contribution is -2.17. The van der Waals surface area contributed by atoms with Gasteiger partial charge in [-0.3, -0.25) is 0 Å². The average molecular weight is 246 g/mol. The molecule has 0 aliphatic rings. The van der Waals surface area contributed by atoms with Crippen LogP contribution in [0.3, 0.4) is 0 Å². The Kier molecular flexibility index (Phi) is 3.60. The van der Waals surface area contributed by atoms with Crippen LogP contribution >= 0.6 is 11.3 Å². The molecule has 0 aliphatic carbocycles. The SMILES string of the molecule is Cc1ccc(-c2nc(CC(C)N)cs2)c(C)c1. The predicted molar refractivity (Wildman–Crippen MR) is 74.4 cm³/mol. The molecule has 2 nitrogen and oxygen atoms in total. The monoisotopic (exact) mass is 246 g/mol. The molecule has 1 aromatic heterocycles. The molecule has 1 heterocycles. The van der Waals surface area contributed by atoms with E-state index in [1.165, 1.54) is 16.7 Å². The Labute approximate surface area is 107 Å². The number of aryl methyl sites for hydroxylation is 2. The fourth-order valence-corrected chi connectivity index (χ4v) is 2.83. The van der Waals surface area contributed by atoms with Crippen LogP contribution in [0, 0.1) is 13.8 Å². The predicted octanol–water partition coefficient (Wildman–Crippen LogP) is 3.32. The average Bonchev–Trinajstić information content (AvgIpc) is 2.65. The highest BCUT2D eigenvalue weighted by Gasteiger charge is 2.08. The second kappa shape index (κ2) is 4.98. The van der Waals surface area contributed by atoms with E-state index in [4.69, 9.17) is 5.73 Å². The number of hydrogen-bond acceptors (Lipinski definition) is 3. The highest BCUT2D eigenvalue weighted by Crippen LogP contribution is 2.27. The van der Waals surface area contributed by atoms with Crippen LogP contribution in [0.4, 0.5) is 0 Å². The molecule has 2 aromatic rings. The molecule has 0 aliphatic heterocycles. The molecule has 17 heavy (non-hydrogen) atoms. The van der Waals surface area contributed by atoms with Crippen LogP contribution in [-0.2, 0) is 6.42 Å². The second-order valence-corrected chi connectivity index (χ2v) is 5.50. The molecule has 0 spiro atoms. The van der Waals surface area contributed by atoms with Crippen molar-refractivity contribution in [3.8, 4) is 10.6 Å². The topological polar surface area (TPSA) is 38.9 Å². The van der Waals surface area contributed by atoms with Gasteiger partial charge in [0.1, 0.15) is 5.01 Å². The highest BCUT2D eigenvalue weighted by atomic mass is 32.1. The van der Waals surface area contributed by atoms with Crippen LogP contribution in [0.5, 0.6) is 0 Å². The molecule has 2 N–H and O–H groups in total. The van der Waals surface area contributed by atoms with Crippen molar-refractivity contribution in [2.45, 2.75) is 33.2 Å². The first-order valence-electron chi connectivity index (χ1n) is 5.84. The van der Waals surface area contributed by atoms with Gasteiger partial charge in [-0.25, -0.2) is 4.98 Å². The highest BCUT2D eigenvalue weighted by molar-refractivity contribution is 7.13. The molecule has 0 amide bonds. The maximum atomic E-state index is 5.79. The second-order valence-electron chi connectivity index (χ2n) is 4.64. The van der Waals surface area contributed by atoms with E-state index < -0.39 is 0 Å². The summed E-state index contributed by atoms with van der Waals surface area (Å²) in [6.45, 7) is 6.26. The zero-order chi connectivity index (χ0) is 12.4. The summed E-state index contributed by atoms with van der Waals surface area (Å²) in [5.41, 5.74) is 10.7. The van der Waals surface area contributed by atoms with E-state index in [0.717, 1.165) is 17.1 Å². The minimum Gasteiger partial charge on any atom is -0.328 e. The van der Waals surface area contributed by atoms with Gasteiger partial charge in [-0.2, -0.15) is 0 Å². The van der Waals surface area contributed by atoms with Crippen LogP contribution in [0.1, 0.15) is 23.7 Å². The summed E-state index contributed by atoms with van der Waals surface area (Å²) in [6, 6.07) is 6.65. The van der Waals surface area contributed by atoms with E-state index in [2.05, 4.69) is 42.4 Å². The largest absolute Gasteiger partial charge is 0.328 e. The molecule has 1 unspecified atom stereocenters. The van der Waals surface area contributed by atoms with Crippen molar-refractivity contribution in [3.63, 3.8) is 0 Å². The number of benzene rings is 1. The lowest BCUT2D eigenvalue weighted by atomic mass is 10.1. The molecule has 1 atom stereocenters. The summed E-state index contributed by atoms with van der Waals surface area (Å²) in [5, 5.41) is 3.20. The van der Waals surface area contributed by atoms with Crippen molar-refractivity contribution in [2.24, 2.45) is 5.73 Å². The molecule has 0 fully saturated rings. The van der Waals surface area contributed by atoms with Crippen molar-refractivity contribution >= 4 is 11.3 Å². The zero-order valence-corrected chi connectivity index (χ0v) is 11.3. The van der Waals surface area contributed by atoms with E-state index in [1.54, 1.807) is 11.3 Å². The summed E-state index contributed by atoms with van der Waals surface area (Å²) in [7, 11) is 0. The molecule has 0 radical (unpaired) electrons. The third kappa shape index (κ3) is 2.93. The van der Waals surface area contributed by atoms with Gasteiger partial charge >= 0.3 is 0 Å². The van der Waals surface area contributed by atoms with Crippen LogP contribution < -0.4 is 5.73 Å². The zero-order valence-electron chi connectivity index (χ0n) is 10.5. The summed E-state index contributed by atoms with van der Waals surface area (Å²) in [5.74, 6) is 0. The number of aromatic nitrogens is 1. The minimum atomic E-state index is 0.170. The normalized spacial score (nSPS) is 12.7. The lowest BCUT2D eigenvalue weighted by molar-refractivity contribution is 0.726. The Morgan fingerprint density at radius 2 is 2.12 bits per heavy atom. The summed E-state index contributed by atoms with van der Waals surface area (Å²) in [4.78, 5) is 4.65. The van der Waals surface area contributed by atoms with Gasteiger partial charge in [0.15, 0.2) is 0 Å². The van der Waals surface area contributed by atoms with E-state index in [-0.39, 0.29) is 6.04 Å². The Hall–Kier alpha value is -1.19.